The molecule has 1 amide bonds. The monoisotopic (exact) mass is 416 g/mol. The summed E-state index contributed by atoms with van der Waals surface area (Å²) in [4.78, 5) is 13.3. The fraction of sp³-hybridized carbons (Fsp3) is 0.435. The van der Waals surface area contributed by atoms with Crippen LogP contribution in [-0.4, -0.2) is 26.6 Å². The second-order valence-electron chi connectivity index (χ2n) is 7.48. The summed E-state index contributed by atoms with van der Waals surface area (Å²) in [6.07, 6.45) is 3.08. The Morgan fingerprint density at radius 2 is 1.52 bits per heavy atom. The van der Waals surface area contributed by atoms with E-state index in [0.717, 1.165) is 47.0 Å². The smallest absolute Gasteiger partial charge is 0.248 e. The molecule has 29 heavy (non-hydrogen) atoms. The second kappa shape index (κ2) is 9.44. The molecule has 1 N–H and O–H groups in total. The number of nitrogens with zero attached hydrogens (tertiary/aromatic N) is 1. The van der Waals surface area contributed by atoms with Gasteiger partial charge in [-0.25, -0.2) is 8.42 Å². The van der Waals surface area contributed by atoms with Crippen molar-refractivity contribution in [2.75, 3.05) is 15.9 Å². The lowest BCUT2D eigenvalue weighted by Crippen LogP contribution is -2.47. The SMILES string of the molecule is CCc1cccc(CC)c1NC(=O)[C@H](CC)N(c1cc(C)cc(C)c1)S(C)(=O)=O. The van der Waals surface area contributed by atoms with Crippen LogP contribution < -0.4 is 9.62 Å². The Morgan fingerprint density at radius 3 is 1.93 bits per heavy atom. The zero-order valence-corrected chi connectivity index (χ0v) is 19.1. The fourth-order valence-electron chi connectivity index (χ4n) is 3.75. The van der Waals surface area contributed by atoms with Crippen LogP contribution in [0.2, 0.25) is 0 Å². The van der Waals surface area contributed by atoms with Crippen molar-refractivity contribution >= 4 is 27.3 Å². The maximum absolute atomic E-state index is 13.3. The third-order valence-corrected chi connectivity index (χ3v) is 6.22. The van der Waals surface area contributed by atoms with Gasteiger partial charge in [-0.2, -0.15) is 0 Å². The van der Waals surface area contributed by atoms with Crippen molar-refractivity contribution in [1.82, 2.24) is 0 Å². The Hall–Kier alpha value is -2.34. The number of anilines is 2. The van der Waals surface area contributed by atoms with E-state index in [1.165, 1.54) is 4.31 Å². The predicted molar refractivity (Wildman–Crippen MR) is 121 cm³/mol. The van der Waals surface area contributed by atoms with Gasteiger partial charge in [-0.3, -0.25) is 9.10 Å². The molecule has 0 unspecified atom stereocenters. The Kier molecular flexibility index (Phi) is 7.47. The number of carbonyl (C=O) groups is 1. The highest BCUT2D eigenvalue weighted by molar-refractivity contribution is 7.92. The minimum absolute atomic E-state index is 0.312. The quantitative estimate of drug-likeness (QED) is 0.683. The molecular weight excluding hydrogens is 384 g/mol. The highest BCUT2D eigenvalue weighted by Gasteiger charge is 2.32. The maximum atomic E-state index is 13.3. The molecule has 0 spiro atoms. The molecule has 1 atom stereocenters. The third kappa shape index (κ3) is 5.38. The number of aryl methyl sites for hydroxylation is 4. The van der Waals surface area contributed by atoms with Gasteiger partial charge in [-0.05, 0) is 67.5 Å². The lowest BCUT2D eigenvalue weighted by Gasteiger charge is -2.31. The second-order valence-corrected chi connectivity index (χ2v) is 9.34. The van der Waals surface area contributed by atoms with Crippen LogP contribution in [0, 0.1) is 13.8 Å². The standard InChI is InChI=1S/C23H32N2O3S/c1-7-18-11-10-12-19(8-2)22(18)24-23(26)21(9-3)25(29(6,27)28)20-14-16(4)13-17(5)15-20/h10-15,21H,7-9H2,1-6H3,(H,24,26)/t21-/m0/s1. The normalized spacial score (nSPS) is 12.5. The lowest BCUT2D eigenvalue weighted by molar-refractivity contribution is -0.117. The molecule has 2 aromatic carbocycles. The summed E-state index contributed by atoms with van der Waals surface area (Å²) in [5.74, 6) is -0.312. The van der Waals surface area contributed by atoms with Gasteiger partial charge in [0.2, 0.25) is 15.9 Å². The van der Waals surface area contributed by atoms with Crippen LogP contribution in [0.3, 0.4) is 0 Å². The molecule has 0 bridgehead atoms. The zero-order valence-electron chi connectivity index (χ0n) is 18.2. The maximum Gasteiger partial charge on any atom is 0.248 e. The molecule has 0 fully saturated rings. The molecule has 158 valence electrons. The number of nitrogens with one attached hydrogen (secondary N) is 1. The van der Waals surface area contributed by atoms with Crippen molar-refractivity contribution in [3.63, 3.8) is 0 Å². The van der Waals surface area contributed by atoms with Gasteiger partial charge in [0.15, 0.2) is 0 Å². The molecule has 0 aromatic heterocycles. The third-order valence-electron chi connectivity index (χ3n) is 5.04. The van der Waals surface area contributed by atoms with Crippen LogP contribution in [-0.2, 0) is 27.7 Å². The van der Waals surface area contributed by atoms with Crippen molar-refractivity contribution in [2.45, 2.75) is 59.9 Å². The van der Waals surface area contributed by atoms with Crippen LogP contribution >= 0.6 is 0 Å². The summed E-state index contributed by atoms with van der Waals surface area (Å²) in [5, 5.41) is 3.04. The molecule has 2 rings (SSSR count). The molecule has 0 saturated heterocycles. The number of amides is 1. The van der Waals surface area contributed by atoms with Gasteiger partial charge >= 0.3 is 0 Å². The zero-order chi connectivity index (χ0) is 21.8. The van der Waals surface area contributed by atoms with Gasteiger partial charge in [0.1, 0.15) is 6.04 Å². The number of hydrogen-bond acceptors (Lipinski definition) is 3. The van der Waals surface area contributed by atoms with Crippen LogP contribution in [0.1, 0.15) is 49.4 Å². The average molecular weight is 417 g/mol. The fourth-order valence-corrected chi connectivity index (χ4v) is 4.94. The first kappa shape index (κ1) is 22.9. The van der Waals surface area contributed by atoms with Gasteiger partial charge in [0, 0.05) is 5.69 Å². The first-order chi connectivity index (χ1) is 13.6. The number of sulfonamides is 1. The van der Waals surface area contributed by atoms with E-state index >= 15 is 0 Å². The molecule has 0 saturated carbocycles. The molecule has 6 heteroatoms. The van der Waals surface area contributed by atoms with E-state index in [-0.39, 0.29) is 5.91 Å². The summed E-state index contributed by atoms with van der Waals surface area (Å²) in [6.45, 7) is 9.75. The van der Waals surface area contributed by atoms with E-state index in [1.54, 1.807) is 12.1 Å². The lowest BCUT2D eigenvalue weighted by atomic mass is 10.0. The van der Waals surface area contributed by atoms with Crippen molar-refractivity contribution < 1.29 is 13.2 Å². The molecule has 0 aliphatic carbocycles. The van der Waals surface area contributed by atoms with Gasteiger partial charge in [0.25, 0.3) is 0 Å². The van der Waals surface area contributed by atoms with Crippen LogP contribution in [0.5, 0.6) is 0 Å². The Labute approximate surface area is 175 Å². The van der Waals surface area contributed by atoms with E-state index in [1.807, 2.05) is 58.9 Å². The molecule has 0 aliphatic rings. The number of para-hydroxylation sites is 1. The van der Waals surface area contributed by atoms with Crippen molar-refractivity contribution in [3.8, 4) is 0 Å². The van der Waals surface area contributed by atoms with Crippen LogP contribution in [0.25, 0.3) is 0 Å². The Balaban J connectivity index is 2.50. The summed E-state index contributed by atoms with van der Waals surface area (Å²) < 4.78 is 26.7. The topological polar surface area (TPSA) is 66.5 Å². The first-order valence-electron chi connectivity index (χ1n) is 10.1. The predicted octanol–water partition coefficient (Wildman–Crippen LogP) is 4.61. The largest absolute Gasteiger partial charge is 0.324 e. The molecular formula is C23H32N2O3S. The number of benzene rings is 2. The number of hydrogen-bond donors (Lipinski definition) is 1. The Morgan fingerprint density at radius 1 is 1.00 bits per heavy atom. The van der Waals surface area contributed by atoms with Crippen molar-refractivity contribution in [1.29, 1.82) is 0 Å². The molecule has 0 radical (unpaired) electrons. The first-order valence-corrected chi connectivity index (χ1v) is 12.0. The molecule has 0 aliphatic heterocycles. The van der Waals surface area contributed by atoms with Gasteiger partial charge < -0.3 is 5.32 Å². The van der Waals surface area contributed by atoms with Crippen LogP contribution in [0.15, 0.2) is 36.4 Å². The summed E-state index contributed by atoms with van der Waals surface area (Å²) >= 11 is 0. The highest BCUT2D eigenvalue weighted by Crippen LogP contribution is 2.27. The number of carbonyl (C=O) groups excluding carboxylic acids is 1. The van der Waals surface area contributed by atoms with Gasteiger partial charge in [-0.1, -0.05) is 45.0 Å². The van der Waals surface area contributed by atoms with Crippen LogP contribution in [0.4, 0.5) is 11.4 Å². The van der Waals surface area contributed by atoms with E-state index in [0.29, 0.717) is 12.1 Å². The summed E-state index contributed by atoms with van der Waals surface area (Å²) in [5.41, 5.74) is 5.32. The molecule has 5 nitrogen and oxygen atoms in total. The number of rotatable bonds is 8. The van der Waals surface area contributed by atoms with Gasteiger partial charge in [-0.15, -0.1) is 0 Å². The van der Waals surface area contributed by atoms with E-state index in [2.05, 4.69) is 5.32 Å². The minimum Gasteiger partial charge on any atom is -0.324 e. The summed E-state index contributed by atoms with van der Waals surface area (Å²) in [7, 11) is -3.66. The minimum atomic E-state index is -3.66. The van der Waals surface area contributed by atoms with E-state index in [4.69, 9.17) is 0 Å². The average Bonchev–Trinajstić information content (AvgIpc) is 2.63. The van der Waals surface area contributed by atoms with E-state index in [9.17, 15) is 13.2 Å². The van der Waals surface area contributed by atoms with Crippen molar-refractivity contribution in [3.05, 3.63) is 58.7 Å². The molecule has 2 aromatic rings. The highest BCUT2D eigenvalue weighted by atomic mass is 32.2. The van der Waals surface area contributed by atoms with E-state index < -0.39 is 16.1 Å². The van der Waals surface area contributed by atoms with Crippen molar-refractivity contribution in [2.24, 2.45) is 0 Å². The molecule has 0 heterocycles. The van der Waals surface area contributed by atoms with Gasteiger partial charge in [0.05, 0.1) is 11.9 Å². The summed E-state index contributed by atoms with van der Waals surface area (Å²) in [6, 6.07) is 10.7. The Bertz CT molecular complexity index is 941.